The Morgan fingerprint density at radius 3 is 2.68 bits per heavy atom. The second-order valence-corrected chi connectivity index (χ2v) is 5.01. The Kier molecular flexibility index (Phi) is 6.05. The molecule has 1 amide bonds. The van der Waals surface area contributed by atoms with Crippen LogP contribution in [0.5, 0.6) is 0 Å². The van der Waals surface area contributed by atoms with E-state index < -0.39 is 0 Å². The number of pyridine rings is 1. The van der Waals surface area contributed by atoms with E-state index in [-0.39, 0.29) is 11.1 Å². The van der Waals surface area contributed by atoms with Gasteiger partial charge in [0.2, 0.25) is 0 Å². The Morgan fingerprint density at radius 1 is 1.42 bits per heavy atom. The first-order valence-corrected chi connectivity index (χ1v) is 6.68. The number of carbonyl (C=O) groups excluding carboxylic acids is 1. The van der Waals surface area contributed by atoms with Crippen LogP contribution in [0.15, 0.2) is 12.3 Å². The lowest BCUT2D eigenvalue weighted by atomic mass is 10.2. The van der Waals surface area contributed by atoms with Crippen LogP contribution in [0.3, 0.4) is 0 Å². The smallest absolute Gasteiger partial charge is 0.257 e. The molecule has 1 rings (SSSR count). The molecule has 5 nitrogen and oxygen atoms in total. The Hall–Kier alpha value is -1.33. The zero-order valence-electron chi connectivity index (χ0n) is 11.7. The van der Waals surface area contributed by atoms with Crippen molar-refractivity contribution in [1.82, 2.24) is 14.8 Å². The lowest BCUT2D eigenvalue weighted by molar-refractivity contribution is 0.0759. The molecule has 1 aromatic rings. The van der Waals surface area contributed by atoms with Gasteiger partial charge in [-0.2, -0.15) is 0 Å². The van der Waals surface area contributed by atoms with Gasteiger partial charge in [-0.1, -0.05) is 11.6 Å². The number of nitrogens with two attached hydrogens (primary N) is 1. The molecule has 6 heteroatoms. The lowest BCUT2D eigenvalue weighted by Crippen LogP contribution is -2.33. The minimum atomic E-state index is -0.119. The van der Waals surface area contributed by atoms with Crippen LogP contribution in [0.2, 0.25) is 5.15 Å². The topological polar surface area (TPSA) is 62.5 Å². The van der Waals surface area contributed by atoms with Crippen molar-refractivity contribution in [1.29, 1.82) is 0 Å². The van der Waals surface area contributed by atoms with E-state index in [0.717, 1.165) is 13.0 Å². The fourth-order valence-corrected chi connectivity index (χ4v) is 1.95. The Balaban J connectivity index is 2.75. The van der Waals surface area contributed by atoms with Gasteiger partial charge in [0.15, 0.2) is 0 Å². The summed E-state index contributed by atoms with van der Waals surface area (Å²) >= 11 is 5.95. The number of nitrogen functional groups attached to an aromatic ring is 1. The van der Waals surface area contributed by atoms with Crippen LogP contribution in [-0.2, 0) is 0 Å². The summed E-state index contributed by atoms with van der Waals surface area (Å²) in [4.78, 5) is 20.1. The first-order valence-electron chi connectivity index (χ1n) is 6.30. The van der Waals surface area contributed by atoms with Crippen LogP contribution in [0, 0.1) is 0 Å². The molecule has 0 saturated heterocycles. The third-order valence-electron chi connectivity index (χ3n) is 2.79. The molecule has 0 atom stereocenters. The van der Waals surface area contributed by atoms with Gasteiger partial charge in [0.25, 0.3) is 5.91 Å². The van der Waals surface area contributed by atoms with Crippen molar-refractivity contribution in [2.45, 2.75) is 13.3 Å². The number of halogens is 1. The Morgan fingerprint density at radius 2 is 2.11 bits per heavy atom. The van der Waals surface area contributed by atoms with Gasteiger partial charge < -0.3 is 15.5 Å². The first kappa shape index (κ1) is 15.7. The summed E-state index contributed by atoms with van der Waals surface area (Å²) in [5, 5.41) is 0.199. The van der Waals surface area contributed by atoms with E-state index in [4.69, 9.17) is 17.3 Å². The van der Waals surface area contributed by atoms with Crippen molar-refractivity contribution in [3.05, 3.63) is 23.0 Å². The minimum Gasteiger partial charge on any atom is -0.397 e. The van der Waals surface area contributed by atoms with E-state index in [2.05, 4.69) is 9.88 Å². The number of amides is 1. The molecule has 0 aromatic carbocycles. The molecular weight excluding hydrogens is 264 g/mol. The molecule has 0 bridgehead atoms. The van der Waals surface area contributed by atoms with Gasteiger partial charge in [-0.05, 0) is 40.1 Å². The van der Waals surface area contributed by atoms with Gasteiger partial charge >= 0.3 is 0 Å². The van der Waals surface area contributed by atoms with Crippen molar-refractivity contribution in [2.75, 3.05) is 39.5 Å². The minimum absolute atomic E-state index is 0.119. The molecule has 0 fully saturated rings. The molecule has 0 radical (unpaired) electrons. The summed E-state index contributed by atoms with van der Waals surface area (Å²) in [6, 6.07) is 1.58. The molecule has 0 spiro atoms. The number of nitrogens with zero attached hydrogens (tertiary/aromatic N) is 3. The van der Waals surface area contributed by atoms with Crippen molar-refractivity contribution in [2.24, 2.45) is 0 Å². The molecule has 19 heavy (non-hydrogen) atoms. The number of anilines is 1. The molecule has 2 N–H and O–H groups in total. The molecule has 1 aromatic heterocycles. The Labute approximate surface area is 119 Å². The number of aromatic nitrogens is 1. The highest BCUT2D eigenvalue weighted by atomic mass is 35.5. The van der Waals surface area contributed by atoms with Crippen LogP contribution in [0.25, 0.3) is 0 Å². The average molecular weight is 285 g/mol. The molecule has 0 saturated carbocycles. The van der Waals surface area contributed by atoms with Crippen LogP contribution in [-0.4, -0.2) is 54.4 Å². The van der Waals surface area contributed by atoms with Gasteiger partial charge in [0.05, 0.1) is 17.4 Å². The van der Waals surface area contributed by atoms with Crippen molar-refractivity contribution < 1.29 is 4.79 Å². The third kappa shape index (κ3) is 4.69. The van der Waals surface area contributed by atoms with Crippen LogP contribution in [0.1, 0.15) is 23.7 Å². The lowest BCUT2D eigenvalue weighted by Gasteiger charge is -2.22. The standard InChI is InChI=1S/C13H21ClN4O/c1-4-18(7-5-6-17(2)3)13(19)11-8-10(15)9-16-12(11)14/h8-9H,4-7,15H2,1-3H3. The predicted molar refractivity (Wildman–Crippen MR) is 78.4 cm³/mol. The number of carbonyl (C=O) groups is 1. The third-order valence-corrected chi connectivity index (χ3v) is 3.09. The van der Waals surface area contributed by atoms with Gasteiger partial charge in [0.1, 0.15) is 5.15 Å². The van der Waals surface area contributed by atoms with Crippen LogP contribution >= 0.6 is 11.6 Å². The first-order chi connectivity index (χ1) is 8.95. The fourth-order valence-electron chi connectivity index (χ4n) is 1.77. The average Bonchev–Trinajstić information content (AvgIpc) is 2.36. The van der Waals surface area contributed by atoms with Crippen molar-refractivity contribution in [3.63, 3.8) is 0 Å². The predicted octanol–water partition coefficient (Wildman–Crippen LogP) is 1.73. The second-order valence-electron chi connectivity index (χ2n) is 4.65. The number of hydrogen-bond donors (Lipinski definition) is 1. The summed E-state index contributed by atoms with van der Waals surface area (Å²) in [6.07, 6.45) is 2.36. The van der Waals surface area contributed by atoms with Gasteiger partial charge in [-0.25, -0.2) is 4.98 Å². The van der Waals surface area contributed by atoms with E-state index in [1.165, 1.54) is 6.20 Å². The maximum atomic E-state index is 12.4. The van der Waals surface area contributed by atoms with Crippen LogP contribution < -0.4 is 5.73 Å². The monoisotopic (exact) mass is 284 g/mol. The summed E-state index contributed by atoms with van der Waals surface area (Å²) in [6.45, 7) is 4.21. The highest BCUT2D eigenvalue weighted by Gasteiger charge is 2.18. The molecule has 106 valence electrons. The summed E-state index contributed by atoms with van der Waals surface area (Å²) in [7, 11) is 4.02. The molecule has 0 aliphatic heterocycles. The van der Waals surface area contributed by atoms with Gasteiger partial charge in [0, 0.05) is 13.1 Å². The summed E-state index contributed by atoms with van der Waals surface area (Å²) in [5.41, 5.74) is 6.46. The van der Waals surface area contributed by atoms with E-state index in [9.17, 15) is 4.79 Å². The number of hydrogen-bond acceptors (Lipinski definition) is 4. The van der Waals surface area contributed by atoms with Gasteiger partial charge in [-0.3, -0.25) is 4.79 Å². The van der Waals surface area contributed by atoms with E-state index in [0.29, 0.717) is 24.3 Å². The van der Waals surface area contributed by atoms with Crippen molar-refractivity contribution >= 4 is 23.2 Å². The summed E-state index contributed by atoms with van der Waals surface area (Å²) in [5.74, 6) is -0.119. The molecular formula is C13H21ClN4O. The zero-order valence-corrected chi connectivity index (χ0v) is 12.4. The Bertz CT molecular complexity index is 437. The molecule has 0 aliphatic carbocycles. The second kappa shape index (κ2) is 7.31. The SMILES string of the molecule is CCN(CCCN(C)C)C(=O)c1cc(N)cnc1Cl. The summed E-state index contributed by atoms with van der Waals surface area (Å²) < 4.78 is 0. The quantitative estimate of drug-likeness (QED) is 0.808. The largest absolute Gasteiger partial charge is 0.397 e. The van der Waals surface area contributed by atoms with E-state index in [1.807, 2.05) is 21.0 Å². The molecule has 0 aliphatic rings. The maximum absolute atomic E-state index is 12.4. The number of rotatable bonds is 6. The normalized spacial score (nSPS) is 10.8. The highest BCUT2D eigenvalue weighted by molar-refractivity contribution is 6.32. The zero-order chi connectivity index (χ0) is 14.4. The molecule has 1 heterocycles. The maximum Gasteiger partial charge on any atom is 0.257 e. The van der Waals surface area contributed by atoms with Crippen LogP contribution in [0.4, 0.5) is 5.69 Å². The fraction of sp³-hybridized carbons (Fsp3) is 0.538. The van der Waals surface area contributed by atoms with E-state index >= 15 is 0 Å². The van der Waals surface area contributed by atoms with Crippen molar-refractivity contribution in [3.8, 4) is 0 Å². The molecule has 0 unspecified atom stereocenters. The van der Waals surface area contributed by atoms with Gasteiger partial charge in [-0.15, -0.1) is 0 Å². The van der Waals surface area contributed by atoms with E-state index in [1.54, 1.807) is 11.0 Å². The highest BCUT2D eigenvalue weighted by Crippen LogP contribution is 2.17.